The Kier molecular flexibility index (Phi) is 7.78. The largest absolute Gasteiger partial charge is 0.455 e. The van der Waals surface area contributed by atoms with Gasteiger partial charge >= 0.3 is 0 Å². The fraction of sp³-hybridized carbons (Fsp3) is 0. The van der Waals surface area contributed by atoms with Gasteiger partial charge in [0.2, 0.25) is 0 Å². The summed E-state index contributed by atoms with van der Waals surface area (Å²) in [6.45, 7) is 0. The molecule has 62 heavy (non-hydrogen) atoms. The van der Waals surface area contributed by atoms with Crippen LogP contribution in [0.25, 0.3) is 103 Å². The zero-order chi connectivity index (χ0) is 40.7. The van der Waals surface area contributed by atoms with Crippen molar-refractivity contribution in [3.8, 4) is 27.9 Å². The van der Waals surface area contributed by atoms with E-state index >= 15 is 0 Å². The predicted molar refractivity (Wildman–Crippen MR) is 264 cm³/mol. The van der Waals surface area contributed by atoms with E-state index in [4.69, 9.17) is 4.42 Å². The third-order valence-electron chi connectivity index (χ3n) is 12.6. The van der Waals surface area contributed by atoms with Crippen LogP contribution < -0.4 is 4.90 Å². The van der Waals surface area contributed by atoms with Gasteiger partial charge in [0.1, 0.15) is 11.2 Å². The number of benzene rings is 10. The van der Waals surface area contributed by atoms with Crippen LogP contribution in [-0.2, 0) is 0 Å². The predicted octanol–water partition coefficient (Wildman–Crippen LogP) is 17.0. The van der Waals surface area contributed by atoms with E-state index in [0.29, 0.717) is 0 Å². The molecule has 3 heterocycles. The molecule has 0 amide bonds. The van der Waals surface area contributed by atoms with Crippen LogP contribution in [-0.4, -0.2) is 4.57 Å². The summed E-state index contributed by atoms with van der Waals surface area (Å²) >= 11 is 1.86. The van der Waals surface area contributed by atoms with E-state index in [1.807, 2.05) is 11.3 Å². The Labute approximate surface area is 361 Å². The smallest absolute Gasteiger partial charge is 0.143 e. The lowest BCUT2D eigenvalue weighted by molar-refractivity contribution is 0.672. The molecule has 0 unspecified atom stereocenters. The average Bonchev–Trinajstić information content (AvgIpc) is 4.02. The Morgan fingerprint density at radius 2 is 1.00 bits per heavy atom. The lowest BCUT2D eigenvalue weighted by atomic mass is 10.0. The number of thiophene rings is 1. The first-order valence-corrected chi connectivity index (χ1v) is 21.9. The van der Waals surface area contributed by atoms with E-state index in [0.717, 1.165) is 55.6 Å². The van der Waals surface area contributed by atoms with Crippen molar-refractivity contribution in [2.24, 2.45) is 0 Å². The minimum absolute atomic E-state index is 0.867. The van der Waals surface area contributed by atoms with E-state index in [-0.39, 0.29) is 0 Å². The van der Waals surface area contributed by atoms with E-state index in [2.05, 4.69) is 228 Å². The first-order valence-electron chi connectivity index (χ1n) is 21.1. The van der Waals surface area contributed by atoms with Crippen molar-refractivity contribution in [2.45, 2.75) is 0 Å². The molecule has 0 N–H and O–H groups in total. The Balaban J connectivity index is 0.943. The fourth-order valence-electron chi connectivity index (χ4n) is 9.67. The molecule has 290 valence electrons. The topological polar surface area (TPSA) is 21.3 Å². The molecule has 13 aromatic rings. The highest BCUT2D eigenvalue weighted by Gasteiger charge is 2.21. The zero-order valence-corrected chi connectivity index (χ0v) is 34.3. The van der Waals surface area contributed by atoms with Gasteiger partial charge in [-0.3, -0.25) is 0 Å². The summed E-state index contributed by atoms with van der Waals surface area (Å²) in [6, 6.07) is 79.2. The van der Waals surface area contributed by atoms with Crippen molar-refractivity contribution in [1.29, 1.82) is 0 Å². The Morgan fingerprint density at radius 1 is 0.387 bits per heavy atom. The summed E-state index contributed by atoms with van der Waals surface area (Å²) in [7, 11) is 0. The van der Waals surface area contributed by atoms with Gasteiger partial charge in [-0.15, -0.1) is 11.3 Å². The molecule has 13 rings (SSSR count). The fourth-order valence-corrected chi connectivity index (χ4v) is 10.8. The van der Waals surface area contributed by atoms with Crippen molar-refractivity contribution in [3.63, 3.8) is 0 Å². The third kappa shape index (κ3) is 5.44. The number of hydrogen-bond donors (Lipinski definition) is 0. The van der Waals surface area contributed by atoms with Crippen LogP contribution in [0, 0.1) is 0 Å². The summed E-state index contributed by atoms with van der Waals surface area (Å²) in [5.41, 5.74) is 13.3. The van der Waals surface area contributed by atoms with Crippen LogP contribution in [0.2, 0.25) is 0 Å². The monoisotopic (exact) mass is 808 g/mol. The summed E-state index contributed by atoms with van der Waals surface area (Å²) in [4.78, 5) is 2.38. The molecule has 0 radical (unpaired) electrons. The van der Waals surface area contributed by atoms with E-state index in [1.165, 1.54) is 64.1 Å². The van der Waals surface area contributed by atoms with Crippen LogP contribution >= 0.6 is 11.3 Å². The number of rotatable bonds is 6. The van der Waals surface area contributed by atoms with Gasteiger partial charge in [0.25, 0.3) is 0 Å². The summed E-state index contributed by atoms with van der Waals surface area (Å²) in [5.74, 6) is 0. The van der Waals surface area contributed by atoms with Gasteiger partial charge in [0, 0.05) is 58.8 Å². The van der Waals surface area contributed by atoms with Crippen LogP contribution in [0.3, 0.4) is 0 Å². The van der Waals surface area contributed by atoms with Crippen LogP contribution in [0.5, 0.6) is 0 Å². The van der Waals surface area contributed by atoms with Crippen molar-refractivity contribution in [1.82, 2.24) is 4.57 Å². The van der Waals surface area contributed by atoms with Gasteiger partial charge in [-0.05, 0) is 113 Å². The van der Waals surface area contributed by atoms with Crippen LogP contribution in [0.15, 0.2) is 223 Å². The molecule has 0 atom stereocenters. The minimum atomic E-state index is 0.867. The molecular formula is C58H36N2OS. The number of anilines is 3. The first-order chi connectivity index (χ1) is 30.7. The van der Waals surface area contributed by atoms with Gasteiger partial charge in [-0.1, -0.05) is 133 Å². The molecule has 0 aliphatic heterocycles. The van der Waals surface area contributed by atoms with Gasteiger partial charge in [-0.2, -0.15) is 0 Å². The van der Waals surface area contributed by atoms with Gasteiger partial charge in [0.05, 0.1) is 22.1 Å². The van der Waals surface area contributed by atoms with Crippen molar-refractivity contribution >= 4 is 103 Å². The van der Waals surface area contributed by atoms with Crippen molar-refractivity contribution < 1.29 is 4.42 Å². The number of para-hydroxylation sites is 2. The van der Waals surface area contributed by atoms with Crippen LogP contribution in [0.1, 0.15) is 0 Å². The summed E-state index contributed by atoms with van der Waals surface area (Å²) in [5, 5.41) is 9.60. The molecule has 0 spiro atoms. The maximum Gasteiger partial charge on any atom is 0.143 e. The van der Waals surface area contributed by atoms with E-state index < -0.39 is 0 Å². The molecule has 3 nitrogen and oxygen atoms in total. The maximum absolute atomic E-state index is 6.71. The number of aromatic nitrogens is 1. The van der Waals surface area contributed by atoms with Gasteiger partial charge in [-0.25, -0.2) is 0 Å². The van der Waals surface area contributed by atoms with E-state index in [1.54, 1.807) is 0 Å². The summed E-state index contributed by atoms with van der Waals surface area (Å²) < 4.78 is 11.7. The Hall–Kier alpha value is -7.92. The molecule has 0 fully saturated rings. The van der Waals surface area contributed by atoms with Gasteiger partial charge in [0.15, 0.2) is 0 Å². The quantitative estimate of drug-likeness (QED) is 0.167. The van der Waals surface area contributed by atoms with Crippen molar-refractivity contribution in [3.05, 3.63) is 218 Å². The Morgan fingerprint density at radius 3 is 1.81 bits per heavy atom. The zero-order valence-electron chi connectivity index (χ0n) is 33.5. The van der Waals surface area contributed by atoms with E-state index in [9.17, 15) is 0 Å². The molecule has 0 aliphatic carbocycles. The lowest BCUT2D eigenvalue weighted by Gasteiger charge is -2.26. The SMILES string of the molecule is c1ccc(-n2c3ccccc3c3cc(-c4ccc(N(c5ccc(-c6ccc7c(c6)sc6ccccc67)cc5)c5cccc6oc7c8ccccc8ccc7c56)cc4)ccc32)cc1. The highest BCUT2D eigenvalue weighted by atomic mass is 32.1. The average molecular weight is 809 g/mol. The molecule has 4 heteroatoms. The second kappa shape index (κ2) is 13.8. The first kappa shape index (κ1) is 34.9. The maximum atomic E-state index is 6.71. The molecule has 0 aliphatic rings. The number of furan rings is 1. The third-order valence-corrected chi connectivity index (χ3v) is 13.7. The standard InChI is InChI=1S/C58H36N2OS/c1-2-12-42(13-3-1)60-51-17-8-6-15-46(51)50-35-40(27-34-52(50)60)37-21-28-43(29-22-37)59(53-18-10-19-54-57(53)49-33-25-39-11-4-5-14-45(39)58(49)61-54)44-30-23-38(24-31-44)41-26-32-48-47-16-7-9-20-55(47)62-56(48)36-41/h1-36H. The molecule has 0 bridgehead atoms. The molecule has 3 aromatic heterocycles. The second-order valence-electron chi connectivity index (χ2n) is 16.1. The number of nitrogens with zero attached hydrogens (tertiary/aromatic N) is 2. The molecule has 0 saturated carbocycles. The Bertz CT molecular complexity index is 3860. The second-order valence-corrected chi connectivity index (χ2v) is 17.2. The van der Waals surface area contributed by atoms with Crippen LogP contribution in [0.4, 0.5) is 17.1 Å². The highest BCUT2D eigenvalue weighted by molar-refractivity contribution is 7.25. The summed E-state index contributed by atoms with van der Waals surface area (Å²) in [6.07, 6.45) is 0. The van der Waals surface area contributed by atoms with Crippen molar-refractivity contribution in [2.75, 3.05) is 4.90 Å². The number of fused-ring (bicyclic) bond motifs is 11. The lowest BCUT2D eigenvalue weighted by Crippen LogP contribution is -2.10. The molecule has 0 saturated heterocycles. The highest BCUT2D eigenvalue weighted by Crippen LogP contribution is 2.45. The molecule has 10 aromatic carbocycles. The van der Waals surface area contributed by atoms with Gasteiger partial charge < -0.3 is 13.9 Å². The molecular weight excluding hydrogens is 773 g/mol. The number of hydrogen-bond acceptors (Lipinski definition) is 3. The minimum Gasteiger partial charge on any atom is -0.455 e. The normalized spacial score (nSPS) is 11.9.